The van der Waals surface area contributed by atoms with Gasteiger partial charge in [-0.05, 0) is 64.0 Å². The summed E-state index contributed by atoms with van der Waals surface area (Å²) in [5.41, 5.74) is 6.95. The molecule has 3 unspecified atom stereocenters. The molecule has 246 valence electrons. The van der Waals surface area contributed by atoms with Crippen LogP contribution < -0.4 is 21.7 Å². The Morgan fingerprint density at radius 1 is 0.818 bits per heavy atom. The number of carbonyl (C=O) groups excluding carboxylic acids is 4. The van der Waals surface area contributed by atoms with Crippen LogP contribution in [0.15, 0.2) is 24.3 Å². The molecule has 0 aliphatic rings. The highest BCUT2D eigenvalue weighted by Gasteiger charge is 2.25. The Hall–Kier alpha value is -4.05. The number of nitrogens with two attached hydrogens (primary N) is 1. The normalized spacial score (nSPS) is 13.2. The van der Waals surface area contributed by atoms with Crippen molar-refractivity contribution in [2.45, 2.75) is 83.2 Å². The van der Waals surface area contributed by atoms with Crippen LogP contribution in [0.3, 0.4) is 0 Å². The van der Waals surface area contributed by atoms with E-state index in [-0.39, 0.29) is 57.3 Å². The maximum absolute atomic E-state index is 12.5. The number of benzene rings is 1. The topological polar surface area (TPSA) is 259 Å². The first-order valence-electron chi connectivity index (χ1n) is 14.2. The SMILES string of the molecule is Cc1ccc(C(=O)NCCCCC(NC(=O)CCC(CCC(CS(=O)(=O)O)NC(=O)CCCC(=O)O)C(=O)O)C(N)=O)cc1. The molecule has 1 aromatic rings. The summed E-state index contributed by atoms with van der Waals surface area (Å²) >= 11 is 0. The van der Waals surface area contributed by atoms with E-state index in [1.165, 1.54) is 0 Å². The average Bonchev–Trinajstić information content (AvgIpc) is 2.90. The summed E-state index contributed by atoms with van der Waals surface area (Å²) in [6.45, 7) is 2.25. The molecule has 1 aromatic carbocycles. The summed E-state index contributed by atoms with van der Waals surface area (Å²) in [7, 11) is -4.53. The van der Waals surface area contributed by atoms with Crippen LogP contribution in [0.5, 0.6) is 0 Å². The molecule has 8 N–H and O–H groups in total. The van der Waals surface area contributed by atoms with Crippen LogP contribution in [0.4, 0.5) is 0 Å². The van der Waals surface area contributed by atoms with Crippen LogP contribution in [-0.4, -0.2) is 83.1 Å². The van der Waals surface area contributed by atoms with Crippen LogP contribution in [0.1, 0.15) is 80.1 Å². The first kappa shape index (κ1) is 38.0. The van der Waals surface area contributed by atoms with Crippen LogP contribution in [0.25, 0.3) is 0 Å². The molecule has 0 radical (unpaired) electrons. The van der Waals surface area contributed by atoms with E-state index >= 15 is 0 Å². The van der Waals surface area contributed by atoms with E-state index in [1.807, 2.05) is 19.1 Å². The lowest BCUT2D eigenvalue weighted by Crippen LogP contribution is -2.44. The molecule has 4 amide bonds. The van der Waals surface area contributed by atoms with Gasteiger partial charge in [-0.2, -0.15) is 8.42 Å². The Kier molecular flexibility index (Phi) is 16.6. The Bertz CT molecular complexity index is 1250. The van der Waals surface area contributed by atoms with Gasteiger partial charge in [-0.1, -0.05) is 17.7 Å². The molecular weight excluding hydrogens is 600 g/mol. The number of unbranched alkanes of at least 4 members (excludes halogenated alkanes) is 1. The highest BCUT2D eigenvalue weighted by Crippen LogP contribution is 2.17. The number of aryl methyl sites for hydroxylation is 1. The molecule has 0 aliphatic heterocycles. The van der Waals surface area contributed by atoms with Gasteiger partial charge in [0.15, 0.2) is 0 Å². The average molecular weight is 643 g/mol. The Morgan fingerprint density at radius 2 is 1.45 bits per heavy atom. The van der Waals surface area contributed by atoms with E-state index in [9.17, 15) is 46.8 Å². The van der Waals surface area contributed by atoms with E-state index in [4.69, 9.17) is 10.8 Å². The van der Waals surface area contributed by atoms with Gasteiger partial charge in [-0.3, -0.25) is 33.3 Å². The standard InChI is InChI=1S/C28H42N4O11S/c1-18-8-10-19(11-9-18)27(38)30-16-3-2-5-22(26(29)37)32-24(34)15-13-20(28(39)40)12-14-21(17-44(41,42)43)31-23(33)6-4-7-25(35)36/h8-11,20-22H,2-7,12-17H2,1H3,(H2,29,37)(H,30,38)(H,31,33)(H,32,34)(H,35,36)(H,39,40)(H,41,42,43). The van der Waals surface area contributed by atoms with Crippen molar-refractivity contribution >= 4 is 45.7 Å². The number of hydrogen-bond acceptors (Lipinski definition) is 8. The molecule has 0 aromatic heterocycles. The zero-order valence-corrected chi connectivity index (χ0v) is 25.4. The summed E-state index contributed by atoms with van der Waals surface area (Å²) in [6.07, 6.45) is -0.0599. The number of carboxylic acids is 2. The fourth-order valence-electron chi connectivity index (χ4n) is 4.28. The van der Waals surface area contributed by atoms with Crippen LogP contribution in [0, 0.1) is 12.8 Å². The molecule has 0 bridgehead atoms. The summed E-state index contributed by atoms with van der Waals surface area (Å²) in [6, 6.07) is 4.92. The maximum atomic E-state index is 12.5. The molecule has 15 nitrogen and oxygen atoms in total. The molecule has 44 heavy (non-hydrogen) atoms. The lowest BCUT2D eigenvalue weighted by Gasteiger charge is -2.20. The van der Waals surface area contributed by atoms with Crippen molar-refractivity contribution in [3.63, 3.8) is 0 Å². The third kappa shape index (κ3) is 17.2. The van der Waals surface area contributed by atoms with E-state index in [1.54, 1.807) is 12.1 Å². The van der Waals surface area contributed by atoms with Gasteiger partial charge in [-0.25, -0.2) is 0 Å². The largest absolute Gasteiger partial charge is 0.481 e. The minimum Gasteiger partial charge on any atom is -0.481 e. The fourth-order valence-corrected chi connectivity index (χ4v) is 5.04. The van der Waals surface area contributed by atoms with Crippen molar-refractivity contribution in [3.05, 3.63) is 35.4 Å². The van der Waals surface area contributed by atoms with Gasteiger partial charge in [0.2, 0.25) is 17.7 Å². The molecule has 0 aliphatic carbocycles. The molecule has 3 atom stereocenters. The van der Waals surface area contributed by atoms with Crippen molar-refractivity contribution in [1.82, 2.24) is 16.0 Å². The lowest BCUT2D eigenvalue weighted by molar-refractivity contribution is -0.142. The number of carbonyl (C=O) groups is 6. The molecule has 0 saturated heterocycles. The van der Waals surface area contributed by atoms with Crippen molar-refractivity contribution in [3.8, 4) is 0 Å². The highest BCUT2D eigenvalue weighted by atomic mass is 32.2. The molecule has 0 spiro atoms. The van der Waals surface area contributed by atoms with Crippen molar-refractivity contribution in [1.29, 1.82) is 0 Å². The molecule has 16 heteroatoms. The first-order chi connectivity index (χ1) is 20.6. The van der Waals surface area contributed by atoms with Gasteiger partial charge in [0.1, 0.15) is 6.04 Å². The number of hydrogen-bond donors (Lipinski definition) is 7. The van der Waals surface area contributed by atoms with Gasteiger partial charge < -0.3 is 31.9 Å². The minimum atomic E-state index is -4.53. The summed E-state index contributed by atoms with van der Waals surface area (Å²) in [5.74, 6) is -6.65. The number of nitrogens with one attached hydrogen (secondary N) is 3. The van der Waals surface area contributed by atoms with E-state index in [2.05, 4.69) is 16.0 Å². The Balaban J connectivity index is 2.55. The molecule has 0 heterocycles. The number of rotatable bonds is 22. The van der Waals surface area contributed by atoms with Crippen molar-refractivity contribution in [2.75, 3.05) is 12.3 Å². The predicted octanol–water partition coefficient (Wildman–Crippen LogP) is 0.754. The van der Waals surface area contributed by atoms with Crippen LogP contribution in [0.2, 0.25) is 0 Å². The third-order valence-electron chi connectivity index (χ3n) is 6.70. The van der Waals surface area contributed by atoms with Crippen molar-refractivity contribution in [2.24, 2.45) is 11.7 Å². The van der Waals surface area contributed by atoms with Gasteiger partial charge >= 0.3 is 11.9 Å². The van der Waals surface area contributed by atoms with Gasteiger partial charge in [-0.15, -0.1) is 0 Å². The fraction of sp³-hybridized carbons (Fsp3) is 0.571. The Morgan fingerprint density at radius 3 is 2.02 bits per heavy atom. The highest BCUT2D eigenvalue weighted by molar-refractivity contribution is 7.85. The Labute approximate surface area is 256 Å². The van der Waals surface area contributed by atoms with Crippen LogP contribution >= 0.6 is 0 Å². The zero-order valence-electron chi connectivity index (χ0n) is 24.6. The second-order valence-electron chi connectivity index (χ2n) is 10.6. The summed E-state index contributed by atoms with van der Waals surface area (Å²) < 4.78 is 32.0. The quantitative estimate of drug-likeness (QED) is 0.0685. The zero-order chi connectivity index (χ0) is 33.3. The van der Waals surface area contributed by atoms with E-state index in [0.29, 0.717) is 24.9 Å². The van der Waals surface area contributed by atoms with E-state index < -0.39 is 63.5 Å². The van der Waals surface area contributed by atoms with Crippen molar-refractivity contribution < 1.29 is 52.0 Å². The maximum Gasteiger partial charge on any atom is 0.306 e. The number of carboxylic acid groups (broad SMARTS) is 2. The predicted molar refractivity (Wildman–Crippen MR) is 158 cm³/mol. The van der Waals surface area contributed by atoms with Crippen LogP contribution in [-0.2, 0) is 34.1 Å². The lowest BCUT2D eigenvalue weighted by atomic mass is 9.95. The summed E-state index contributed by atoms with van der Waals surface area (Å²) in [5, 5.41) is 25.9. The summed E-state index contributed by atoms with van der Waals surface area (Å²) in [4.78, 5) is 71.0. The van der Waals surface area contributed by atoms with Gasteiger partial charge in [0.25, 0.3) is 16.0 Å². The van der Waals surface area contributed by atoms with E-state index in [0.717, 1.165) is 5.56 Å². The smallest absolute Gasteiger partial charge is 0.306 e. The van der Waals surface area contributed by atoms with Gasteiger partial charge in [0, 0.05) is 37.4 Å². The second kappa shape index (κ2) is 19.3. The number of primary amides is 1. The van der Waals surface area contributed by atoms with Gasteiger partial charge in [0.05, 0.1) is 11.7 Å². The number of aliphatic carboxylic acids is 2. The molecule has 1 rings (SSSR count). The molecule has 0 saturated carbocycles. The second-order valence-corrected chi connectivity index (χ2v) is 12.0. The molecular formula is C28H42N4O11S. The first-order valence-corrected chi connectivity index (χ1v) is 15.8. The molecule has 0 fully saturated rings. The minimum absolute atomic E-state index is 0.00348. The number of amides is 4. The third-order valence-corrected chi connectivity index (χ3v) is 7.53. The monoisotopic (exact) mass is 642 g/mol.